The smallest absolute Gasteiger partial charge is 0.418 e. The summed E-state index contributed by atoms with van der Waals surface area (Å²) >= 11 is 0. The summed E-state index contributed by atoms with van der Waals surface area (Å²) in [6, 6.07) is 1.98. The number of amides is 1. The molecule has 0 spiro atoms. The van der Waals surface area contributed by atoms with Gasteiger partial charge in [0.05, 0.1) is 42.9 Å². The van der Waals surface area contributed by atoms with E-state index in [9.17, 15) is 13.2 Å². The van der Waals surface area contributed by atoms with E-state index in [0.717, 1.165) is 20.9 Å². The lowest BCUT2D eigenvalue weighted by molar-refractivity contribution is 0.0410. The maximum absolute atomic E-state index is 13.7. The molecule has 1 fully saturated rings. The third kappa shape index (κ3) is 4.96. The average molecular weight is 571 g/mol. The number of hydrogen-bond acceptors (Lipinski definition) is 10. The van der Waals surface area contributed by atoms with Gasteiger partial charge in [0.25, 0.3) is 10.0 Å². The first kappa shape index (κ1) is 27.8. The fraction of sp³-hybridized carbons (Fsp3) is 0.500. The van der Waals surface area contributed by atoms with E-state index in [1.165, 1.54) is 17.3 Å². The lowest BCUT2D eigenvalue weighted by atomic mass is 10.2. The summed E-state index contributed by atoms with van der Waals surface area (Å²) in [5.41, 5.74) is 1.28. The lowest BCUT2D eigenvalue weighted by Gasteiger charge is -2.38. The van der Waals surface area contributed by atoms with Crippen molar-refractivity contribution in [1.82, 2.24) is 28.6 Å². The van der Waals surface area contributed by atoms with Gasteiger partial charge in [0.2, 0.25) is 0 Å². The maximum atomic E-state index is 13.7. The Hall–Kier alpha value is -3.78. The number of hydrogen-bond donors (Lipinski definition) is 0. The van der Waals surface area contributed by atoms with E-state index in [-0.39, 0.29) is 19.3 Å². The zero-order valence-electron chi connectivity index (χ0n) is 23.6. The zero-order valence-corrected chi connectivity index (χ0v) is 24.5. The van der Waals surface area contributed by atoms with Gasteiger partial charge in [0.1, 0.15) is 40.0 Å². The highest BCUT2D eigenvalue weighted by molar-refractivity contribution is 7.90. The molecule has 14 heteroatoms. The monoisotopic (exact) mass is 570 g/mol. The Bertz CT molecular complexity index is 1610. The third-order valence-corrected chi connectivity index (χ3v) is 8.49. The molecule has 40 heavy (non-hydrogen) atoms. The molecule has 0 aliphatic carbocycles. The lowest BCUT2D eigenvalue weighted by Crippen LogP contribution is -2.53. The van der Waals surface area contributed by atoms with Crippen LogP contribution in [0.3, 0.4) is 0 Å². The summed E-state index contributed by atoms with van der Waals surface area (Å²) in [6.07, 6.45) is 6.54. The second-order valence-electron chi connectivity index (χ2n) is 11.1. The van der Waals surface area contributed by atoms with Crippen LogP contribution in [0.4, 0.5) is 10.6 Å². The van der Waals surface area contributed by atoms with Gasteiger partial charge in [-0.05, 0) is 47.6 Å². The van der Waals surface area contributed by atoms with Crippen LogP contribution in [0.5, 0.6) is 0 Å². The van der Waals surface area contributed by atoms with Crippen molar-refractivity contribution in [1.29, 1.82) is 0 Å². The van der Waals surface area contributed by atoms with Gasteiger partial charge in [0.15, 0.2) is 0 Å². The highest BCUT2D eigenvalue weighted by atomic mass is 32.2. The number of fused-ring (bicyclic) bond motifs is 1. The minimum Gasteiger partial charge on any atom is -0.443 e. The summed E-state index contributed by atoms with van der Waals surface area (Å²) in [5, 5.41) is 3.46. The molecule has 1 unspecified atom stereocenters. The molecule has 3 aromatic heterocycles. The first-order chi connectivity index (χ1) is 18.8. The number of carbonyl (C=O) groups excluding carboxylic acids is 1. The van der Waals surface area contributed by atoms with Crippen LogP contribution >= 0.6 is 0 Å². The third-order valence-electron chi connectivity index (χ3n) is 6.65. The molecule has 5 rings (SSSR count). The van der Waals surface area contributed by atoms with Crippen molar-refractivity contribution < 1.29 is 22.7 Å². The highest BCUT2D eigenvalue weighted by Gasteiger charge is 2.37. The Morgan fingerprint density at radius 2 is 1.95 bits per heavy atom. The fourth-order valence-corrected chi connectivity index (χ4v) is 5.99. The van der Waals surface area contributed by atoms with Gasteiger partial charge in [-0.2, -0.15) is 9.19 Å². The molecule has 13 nitrogen and oxygen atoms in total. The predicted molar refractivity (Wildman–Crippen MR) is 150 cm³/mol. The van der Waals surface area contributed by atoms with Crippen molar-refractivity contribution in [3.05, 3.63) is 48.3 Å². The number of aromatic nitrogens is 5. The summed E-state index contributed by atoms with van der Waals surface area (Å²) in [5.74, 6) is 1.64. The number of amidine groups is 1. The Morgan fingerprint density at radius 3 is 2.58 bits per heavy atom. The summed E-state index contributed by atoms with van der Waals surface area (Å²) in [4.78, 5) is 30.6. The number of imidazole rings is 1. The number of pyridine rings is 1. The Balaban J connectivity index is 1.53. The van der Waals surface area contributed by atoms with E-state index in [0.29, 0.717) is 17.2 Å². The molecule has 2 aliphatic heterocycles. The van der Waals surface area contributed by atoms with E-state index in [2.05, 4.69) is 38.5 Å². The molecule has 1 saturated heterocycles. The normalized spacial score (nSPS) is 18.2. The van der Waals surface area contributed by atoms with Gasteiger partial charge in [-0.1, -0.05) is 0 Å². The summed E-state index contributed by atoms with van der Waals surface area (Å²) < 4.78 is 39.5. The number of nitrogens with zero attached hydrogens (tertiary/aromatic N) is 8. The highest BCUT2D eigenvalue weighted by Crippen LogP contribution is 2.29. The van der Waals surface area contributed by atoms with Crippen molar-refractivity contribution in [2.75, 3.05) is 25.2 Å². The van der Waals surface area contributed by atoms with E-state index in [1.54, 1.807) is 51.2 Å². The van der Waals surface area contributed by atoms with E-state index in [1.807, 2.05) is 13.0 Å². The molecular weight excluding hydrogens is 536 g/mol. The van der Waals surface area contributed by atoms with E-state index >= 15 is 0 Å². The van der Waals surface area contributed by atoms with Crippen LogP contribution in [-0.4, -0.2) is 86.2 Å². The Morgan fingerprint density at radius 1 is 1.23 bits per heavy atom. The van der Waals surface area contributed by atoms with Gasteiger partial charge >= 0.3 is 6.09 Å². The average Bonchev–Trinajstić information content (AvgIpc) is 3.42. The van der Waals surface area contributed by atoms with Crippen LogP contribution in [0.15, 0.2) is 41.9 Å². The van der Waals surface area contributed by atoms with Gasteiger partial charge in [-0.25, -0.2) is 33.1 Å². The van der Waals surface area contributed by atoms with Crippen LogP contribution in [0.2, 0.25) is 0 Å². The van der Waals surface area contributed by atoms with Gasteiger partial charge < -0.3 is 18.9 Å². The minimum atomic E-state index is -3.69. The molecule has 0 bridgehead atoms. The Kier molecular flexibility index (Phi) is 6.94. The molecule has 3 aromatic rings. The van der Waals surface area contributed by atoms with Crippen LogP contribution in [0, 0.1) is 6.92 Å². The first-order valence-electron chi connectivity index (χ1n) is 13.0. The van der Waals surface area contributed by atoms with Crippen LogP contribution < -0.4 is 4.90 Å². The minimum absolute atomic E-state index is 0.140. The summed E-state index contributed by atoms with van der Waals surface area (Å²) in [7, 11) is -1.93. The van der Waals surface area contributed by atoms with Crippen molar-refractivity contribution in [3.63, 3.8) is 0 Å². The van der Waals surface area contributed by atoms with Gasteiger partial charge in [0, 0.05) is 25.4 Å². The van der Waals surface area contributed by atoms with Crippen molar-refractivity contribution in [3.8, 4) is 0 Å². The zero-order chi connectivity index (χ0) is 29.0. The van der Waals surface area contributed by atoms with Crippen LogP contribution in [0.1, 0.15) is 52.0 Å². The van der Waals surface area contributed by atoms with Crippen LogP contribution in [0.25, 0.3) is 11.0 Å². The molecule has 0 N–H and O–H groups in total. The second kappa shape index (κ2) is 10.0. The molecule has 0 aromatic carbocycles. The number of anilines is 1. The number of rotatable bonds is 6. The van der Waals surface area contributed by atoms with Crippen molar-refractivity contribution in [2.24, 2.45) is 4.99 Å². The topological polar surface area (TPSA) is 137 Å². The number of carbonyl (C=O) groups is 1. The molecule has 0 radical (unpaired) electrons. The van der Waals surface area contributed by atoms with E-state index < -0.39 is 33.1 Å². The second-order valence-corrected chi connectivity index (χ2v) is 13.2. The quantitative estimate of drug-likeness (QED) is 0.438. The molecule has 2 aliphatic rings. The standard InChI is InChI=1S/C26H34N8O5S/c1-16(2)33-17(3)30-20-12-28-22(10-21(20)33)34(25(35)39-26(4,5)6)23-8-9-27-24(31(23)7)18-11-29-32(13-18)40(36,37)19-14-38-15-19/h8-13,16,19,23H,14-15H2,1-7H3. The molecule has 214 valence electrons. The largest absolute Gasteiger partial charge is 0.443 e. The number of aryl methyl sites for hydroxylation is 1. The fourth-order valence-electron chi connectivity index (χ4n) is 4.71. The van der Waals surface area contributed by atoms with Crippen molar-refractivity contribution in [2.45, 2.75) is 64.6 Å². The molecule has 5 heterocycles. The van der Waals surface area contributed by atoms with Gasteiger partial charge in [-0.15, -0.1) is 0 Å². The maximum Gasteiger partial charge on any atom is 0.418 e. The molecule has 1 atom stereocenters. The molecule has 1 amide bonds. The molecular formula is C26H34N8O5S. The first-order valence-corrected chi connectivity index (χ1v) is 14.5. The van der Waals surface area contributed by atoms with E-state index in [4.69, 9.17) is 9.47 Å². The Labute approximate surface area is 233 Å². The van der Waals surface area contributed by atoms with Gasteiger partial charge in [-0.3, -0.25) is 0 Å². The SMILES string of the molecule is Cc1nc2cnc(N(C(=O)OC(C)(C)C)C3C=CN=C(c4cnn(S(=O)(=O)C5COC5)c4)N3C)cc2n1C(C)C. The number of ether oxygens (including phenoxy) is 2. The number of aliphatic imine (C=N–C) groups is 1. The van der Waals surface area contributed by atoms with Crippen molar-refractivity contribution >= 4 is 38.8 Å². The molecule has 0 saturated carbocycles. The predicted octanol–water partition coefficient (Wildman–Crippen LogP) is 3.07. The summed E-state index contributed by atoms with van der Waals surface area (Å²) in [6.45, 7) is 11.7. The van der Waals surface area contributed by atoms with Crippen LogP contribution in [-0.2, 0) is 19.5 Å². The number of likely N-dealkylation sites (N-methyl/N-ethyl adjacent to an activating group) is 1.